The van der Waals surface area contributed by atoms with Crippen LogP contribution in [0.1, 0.15) is 5.56 Å². The summed E-state index contributed by atoms with van der Waals surface area (Å²) in [6.07, 6.45) is 0. The molecular formula is C17H20ClN3. The number of aryl methyl sites for hydroxylation is 1. The Morgan fingerprint density at radius 3 is 2.19 bits per heavy atom. The highest BCUT2D eigenvalue weighted by molar-refractivity contribution is 6.30. The smallest absolute Gasteiger partial charge is 0.0601 e. The van der Waals surface area contributed by atoms with Crippen LogP contribution in [-0.4, -0.2) is 26.2 Å². The maximum Gasteiger partial charge on any atom is 0.0601 e. The van der Waals surface area contributed by atoms with Crippen molar-refractivity contribution in [2.75, 3.05) is 41.7 Å². The standard InChI is InChI=1S/C17H20ClN3/c1-13-6-7-14(18)12-17(13)21-10-8-20(9-11-21)16-5-3-2-4-15(16)19/h2-7,12H,8-11,19H2,1H3. The van der Waals surface area contributed by atoms with Gasteiger partial charge >= 0.3 is 0 Å². The quantitative estimate of drug-likeness (QED) is 0.861. The number of nitrogens with zero attached hydrogens (tertiary/aromatic N) is 2. The van der Waals surface area contributed by atoms with E-state index in [9.17, 15) is 0 Å². The largest absolute Gasteiger partial charge is 0.397 e. The fourth-order valence-corrected chi connectivity index (χ4v) is 3.05. The van der Waals surface area contributed by atoms with Gasteiger partial charge in [0.2, 0.25) is 0 Å². The van der Waals surface area contributed by atoms with Crippen molar-refractivity contribution in [1.82, 2.24) is 0 Å². The summed E-state index contributed by atoms with van der Waals surface area (Å²) in [6.45, 7) is 6.04. The molecule has 1 fully saturated rings. The molecule has 3 nitrogen and oxygen atoms in total. The summed E-state index contributed by atoms with van der Waals surface area (Å²) in [4.78, 5) is 4.75. The van der Waals surface area contributed by atoms with E-state index in [0.29, 0.717) is 0 Å². The SMILES string of the molecule is Cc1ccc(Cl)cc1N1CCN(c2ccccc2N)CC1. The number of nitrogens with two attached hydrogens (primary N) is 1. The van der Waals surface area contributed by atoms with E-state index in [2.05, 4.69) is 34.9 Å². The molecule has 0 atom stereocenters. The van der Waals surface area contributed by atoms with Crippen LogP contribution in [0.25, 0.3) is 0 Å². The third-order valence-corrected chi connectivity index (χ3v) is 4.30. The molecular weight excluding hydrogens is 282 g/mol. The van der Waals surface area contributed by atoms with Gasteiger partial charge in [0.15, 0.2) is 0 Å². The van der Waals surface area contributed by atoms with Crippen molar-refractivity contribution < 1.29 is 0 Å². The first-order valence-electron chi connectivity index (χ1n) is 7.26. The lowest BCUT2D eigenvalue weighted by molar-refractivity contribution is 0.653. The van der Waals surface area contributed by atoms with Gasteiger partial charge in [-0.25, -0.2) is 0 Å². The summed E-state index contributed by atoms with van der Waals surface area (Å²) in [7, 11) is 0. The van der Waals surface area contributed by atoms with E-state index < -0.39 is 0 Å². The normalized spacial score (nSPS) is 15.3. The van der Waals surface area contributed by atoms with Gasteiger partial charge < -0.3 is 15.5 Å². The zero-order valence-corrected chi connectivity index (χ0v) is 13.0. The Kier molecular flexibility index (Phi) is 3.93. The van der Waals surface area contributed by atoms with Crippen LogP contribution in [0, 0.1) is 6.92 Å². The Bertz CT molecular complexity index is 634. The summed E-state index contributed by atoms with van der Waals surface area (Å²) < 4.78 is 0. The van der Waals surface area contributed by atoms with Crippen molar-refractivity contribution in [3.8, 4) is 0 Å². The van der Waals surface area contributed by atoms with Crippen LogP contribution in [0.3, 0.4) is 0 Å². The lowest BCUT2D eigenvalue weighted by Gasteiger charge is -2.38. The molecule has 110 valence electrons. The maximum atomic E-state index is 6.13. The third-order valence-electron chi connectivity index (χ3n) is 4.07. The number of hydrogen-bond donors (Lipinski definition) is 1. The Balaban J connectivity index is 1.73. The van der Waals surface area contributed by atoms with Crippen molar-refractivity contribution in [3.63, 3.8) is 0 Å². The van der Waals surface area contributed by atoms with Crippen LogP contribution in [0.15, 0.2) is 42.5 Å². The summed E-state index contributed by atoms with van der Waals surface area (Å²) in [5.74, 6) is 0. The number of rotatable bonds is 2. The van der Waals surface area contributed by atoms with Gasteiger partial charge in [0.1, 0.15) is 0 Å². The minimum Gasteiger partial charge on any atom is -0.397 e. The molecule has 0 amide bonds. The van der Waals surface area contributed by atoms with Crippen molar-refractivity contribution >= 4 is 28.7 Å². The van der Waals surface area contributed by atoms with Gasteiger partial charge in [-0.05, 0) is 36.8 Å². The monoisotopic (exact) mass is 301 g/mol. The molecule has 0 aliphatic carbocycles. The van der Waals surface area contributed by atoms with Crippen LogP contribution in [0.5, 0.6) is 0 Å². The van der Waals surface area contributed by atoms with Crippen LogP contribution in [0.2, 0.25) is 5.02 Å². The third kappa shape index (κ3) is 2.93. The average molecular weight is 302 g/mol. The Morgan fingerprint density at radius 2 is 1.52 bits per heavy atom. The molecule has 1 aliphatic heterocycles. The van der Waals surface area contributed by atoms with Gasteiger partial charge in [0, 0.05) is 36.9 Å². The molecule has 0 unspecified atom stereocenters. The number of para-hydroxylation sites is 2. The molecule has 0 bridgehead atoms. The molecule has 1 aliphatic rings. The molecule has 21 heavy (non-hydrogen) atoms. The second kappa shape index (κ2) is 5.86. The summed E-state index contributed by atoms with van der Waals surface area (Å²) in [6, 6.07) is 14.2. The van der Waals surface area contributed by atoms with Gasteiger partial charge in [0.05, 0.1) is 11.4 Å². The number of halogens is 1. The first-order valence-corrected chi connectivity index (χ1v) is 7.63. The van der Waals surface area contributed by atoms with E-state index in [-0.39, 0.29) is 0 Å². The zero-order chi connectivity index (χ0) is 14.8. The van der Waals surface area contributed by atoms with Crippen LogP contribution in [-0.2, 0) is 0 Å². The zero-order valence-electron chi connectivity index (χ0n) is 12.2. The van der Waals surface area contributed by atoms with E-state index in [1.54, 1.807) is 0 Å². The average Bonchev–Trinajstić information content (AvgIpc) is 2.50. The van der Waals surface area contributed by atoms with Crippen molar-refractivity contribution in [1.29, 1.82) is 0 Å². The number of hydrogen-bond acceptors (Lipinski definition) is 3. The molecule has 2 aromatic carbocycles. The van der Waals surface area contributed by atoms with E-state index >= 15 is 0 Å². The molecule has 2 N–H and O–H groups in total. The van der Waals surface area contributed by atoms with E-state index in [0.717, 1.165) is 42.6 Å². The second-order valence-electron chi connectivity index (χ2n) is 5.46. The minimum absolute atomic E-state index is 0.797. The number of piperazine rings is 1. The van der Waals surface area contributed by atoms with Gasteiger partial charge in [-0.15, -0.1) is 0 Å². The van der Waals surface area contributed by atoms with E-state index in [1.165, 1.54) is 11.3 Å². The van der Waals surface area contributed by atoms with Crippen LogP contribution < -0.4 is 15.5 Å². The van der Waals surface area contributed by atoms with Crippen molar-refractivity contribution in [3.05, 3.63) is 53.1 Å². The van der Waals surface area contributed by atoms with E-state index in [4.69, 9.17) is 17.3 Å². The van der Waals surface area contributed by atoms with Gasteiger partial charge in [0.25, 0.3) is 0 Å². The highest BCUT2D eigenvalue weighted by Crippen LogP contribution is 2.28. The molecule has 2 aromatic rings. The van der Waals surface area contributed by atoms with Crippen LogP contribution in [0.4, 0.5) is 17.1 Å². The fourth-order valence-electron chi connectivity index (χ4n) is 2.89. The molecule has 0 saturated carbocycles. The molecule has 4 heteroatoms. The highest BCUT2D eigenvalue weighted by atomic mass is 35.5. The predicted octanol–water partition coefficient (Wildman–Crippen LogP) is 3.56. The van der Waals surface area contributed by atoms with Gasteiger partial charge in [-0.3, -0.25) is 0 Å². The fraction of sp³-hybridized carbons (Fsp3) is 0.294. The Labute approximate surface area is 130 Å². The molecule has 0 aromatic heterocycles. The minimum atomic E-state index is 0.797. The number of benzene rings is 2. The lowest BCUT2D eigenvalue weighted by atomic mass is 10.1. The number of nitrogen functional groups attached to an aromatic ring is 1. The topological polar surface area (TPSA) is 32.5 Å². The first-order chi connectivity index (χ1) is 10.1. The molecule has 1 saturated heterocycles. The van der Waals surface area contributed by atoms with Crippen molar-refractivity contribution in [2.45, 2.75) is 6.92 Å². The first kappa shape index (κ1) is 14.1. The van der Waals surface area contributed by atoms with Crippen molar-refractivity contribution in [2.24, 2.45) is 0 Å². The summed E-state index contributed by atoms with van der Waals surface area (Å²) in [5, 5.41) is 0.797. The number of anilines is 3. The highest BCUT2D eigenvalue weighted by Gasteiger charge is 2.19. The second-order valence-corrected chi connectivity index (χ2v) is 5.90. The molecule has 3 rings (SSSR count). The molecule has 0 radical (unpaired) electrons. The summed E-state index contributed by atoms with van der Waals surface area (Å²) in [5.41, 5.74) is 10.6. The Morgan fingerprint density at radius 1 is 0.905 bits per heavy atom. The predicted molar refractivity (Wildman–Crippen MR) is 91.5 cm³/mol. The van der Waals surface area contributed by atoms with Gasteiger partial charge in [-0.2, -0.15) is 0 Å². The van der Waals surface area contributed by atoms with Gasteiger partial charge in [-0.1, -0.05) is 29.8 Å². The molecule has 1 heterocycles. The molecule has 0 spiro atoms. The Hall–Kier alpha value is -1.87. The van der Waals surface area contributed by atoms with E-state index in [1.807, 2.05) is 24.3 Å². The summed E-state index contributed by atoms with van der Waals surface area (Å²) >= 11 is 6.13. The van der Waals surface area contributed by atoms with Crippen LogP contribution >= 0.6 is 11.6 Å². The maximum absolute atomic E-state index is 6.13. The lowest BCUT2D eigenvalue weighted by Crippen LogP contribution is -2.47.